The third kappa shape index (κ3) is 6.91. The Balaban J connectivity index is 0.00000361. The maximum atomic E-state index is 13.1. The molecule has 0 unspecified atom stereocenters. The molecule has 0 aromatic heterocycles. The molecule has 0 spiro atoms. The summed E-state index contributed by atoms with van der Waals surface area (Å²) >= 11 is 6.21. The van der Waals surface area contributed by atoms with Crippen LogP contribution in [0.2, 0.25) is 5.02 Å². The van der Waals surface area contributed by atoms with E-state index in [0.717, 1.165) is 32.5 Å². The summed E-state index contributed by atoms with van der Waals surface area (Å²) in [6.07, 6.45) is 1.65. The van der Waals surface area contributed by atoms with Crippen LogP contribution in [0, 0.1) is 0 Å². The third-order valence-corrected chi connectivity index (χ3v) is 7.85. The van der Waals surface area contributed by atoms with Crippen LogP contribution in [0.1, 0.15) is 28.8 Å². The third-order valence-electron chi connectivity index (χ3n) is 6.01. The van der Waals surface area contributed by atoms with Crippen LogP contribution in [0.25, 0.3) is 0 Å². The molecule has 4 rings (SSSR count). The van der Waals surface area contributed by atoms with Crippen LogP contribution in [0.3, 0.4) is 0 Å². The summed E-state index contributed by atoms with van der Waals surface area (Å²) in [5, 5.41) is 3.07. The molecule has 2 N–H and O–H groups in total. The van der Waals surface area contributed by atoms with Crippen LogP contribution in [0.5, 0.6) is 5.75 Å². The Morgan fingerprint density at radius 3 is 2.39 bits per heavy atom. The molecule has 7 nitrogen and oxygen atoms in total. The van der Waals surface area contributed by atoms with Crippen LogP contribution >= 0.6 is 24.0 Å². The molecule has 10 heteroatoms. The summed E-state index contributed by atoms with van der Waals surface area (Å²) in [4.78, 5) is 15.1. The molecule has 3 aromatic carbocycles. The van der Waals surface area contributed by atoms with E-state index in [0.29, 0.717) is 5.75 Å². The number of anilines is 1. The van der Waals surface area contributed by atoms with Crippen molar-refractivity contribution >= 4 is 45.6 Å². The lowest BCUT2D eigenvalue weighted by Gasteiger charge is -2.32. The van der Waals surface area contributed by atoms with Crippen molar-refractivity contribution in [1.82, 2.24) is 10.2 Å². The monoisotopic (exact) mass is 549 g/mol. The van der Waals surface area contributed by atoms with Gasteiger partial charge in [-0.05, 0) is 48.7 Å². The predicted octanol–water partition coefficient (Wildman–Crippen LogP) is 4.97. The predicted molar refractivity (Wildman–Crippen MR) is 145 cm³/mol. The molecular weight excluding hydrogens is 521 g/mol. The van der Waals surface area contributed by atoms with E-state index in [9.17, 15) is 13.2 Å². The normalized spacial score (nSPS) is 14.5. The highest BCUT2D eigenvalue weighted by Gasteiger charge is 2.24. The lowest BCUT2D eigenvalue weighted by molar-refractivity contribution is 0.0908. The molecule has 1 saturated heterocycles. The van der Waals surface area contributed by atoms with E-state index >= 15 is 0 Å². The van der Waals surface area contributed by atoms with Crippen LogP contribution in [0.4, 0.5) is 5.69 Å². The van der Waals surface area contributed by atoms with E-state index in [2.05, 4.69) is 27.1 Å². The van der Waals surface area contributed by atoms with Gasteiger partial charge in [0.2, 0.25) is 0 Å². The highest BCUT2D eigenvalue weighted by atomic mass is 35.5. The lowest BCUT2D eigenvalue weighted by atomic mass is 10.0. The number of hydrogen-bond donors (Lipinski definition) is 2. The van der Waals surface area contributed by atoms with E-state index in [1.54, 1.807) is 24.3 Å². The molecule has 1 heterocycles. The number of nitrogens with zero attached hydrogens (tertiary/aromatic N) is 1. The number of para-hydroxylation sites is 2. The second-order valence-electron chi connectivity index (χ2n) is 8.46. The fourth-order valence-electron chi connectivity index (χ4n) is 4.12. The number of nitrogens with one attached hydrogen (secondary N) is 2. The highest BCUT2D eigenvalue weighted by molar-refractivity contribution is 7.92. The second kappa shape index (κ2) is 12.5. The van der Waals surface area contributed by atoms with Crippen LogP contribution < -0.4 is 14.8 Å². The summed E-state index contributed by atoms with van der Waals surface area (Å²) in [5.41, 5.74) is 1.79. The topological polar surface area (TPSA) is 87.7 Å². The van der Waals surface area contributed by atoms with Gasteiger partial charge in [0.25, 0.3) is 15.9 Å². The number of sulfonamides is 1. The number of carbonyl (C=O) groups is 1. The minimum absolute atomic E-state index is 0. The Kier molecular flexibility index (Phi) is 9.62. The average molecular weight is 551 g/mol. The van der Waals surface area contributed by atoms with Gasteiger partial charge < -0.3 is 10.1 Å². The van der Waals surface area contributed by atoms with Crippen molar-refractivity contribution in [3.05, 3.63) is 88.9 Å². The molecule has 0 saturated carbocycles. The molecule has 3 aromatic rings. The SMILES string of the molecule is COc1ccccc1NS(=O)(=O)c1cc(C(=O)NC2CCN(Cc3ccccc3)CC2)ccc1Cl.Cl. The van der Waals surface area contributed by atoms with Crippen LogP contribution in [0.15, 0.2) is 77.7 Å². The Bertz CT molecular complexity index is 1280. The van der Waals surface area contributed by atoms with Gasteiger partial charge in [-0.25, -0.2) is 8.42 Å². The number of halogens is 2. The van der Waals surface area contributed by atoms with Crippen molar-refractivity contribution in [3.63, 3.8) is 0 Å². The van der Waals surface area contributed by atoms with Gasteiger partial charge >= 0.3 is 0 Å². The van der Waals surface area contributed by atoms with E-state index < -0.39 is 10.0 Å². The largest absolute Gasteiger partial charge is 0.495 e. The minimum Gasteiger partial charge on any atom is -0.495 e. The fourth-order valence-corrected chi connectivity index (χ4v) is 5.72. The summed E-state index contributed by atoms with van der Waals surface area (Å²) in [5.74, 6) is 0.0524. The maximum absolute atomic E-state index is 13.1. The van der Waals surface area contributed by atoms with Gasteiger partial charge in [-0.2, -0.15) is 0 Å². The quantitative estimate of drug-likeness (QED) is 0.414. The van der Waals surface area contributed by atoms with Crippen molar-refractivity contribution in [2.75, 3.05) is 24.9 Å². The fraction of sp³-hybridized carbons (Fsp3) is 0.269. The Labute approximate surface area is 223 Å². The first-order valence-electron chi connectivity index (χ1n) is 11.4. The lowest BCUT2D eigenvalue weighted by Crippen LogP contribution is -2.44. The molecule has 36 heavy (non-hydrogen) atoms. The second-order valence-corrected chi connectivity index (χ2v) is 10.5. The zero-order valence-corrected chi connectivity index (χ0v) is 22.2. The number of likely N-dealkylation sites (tertiary alicyclic amines) is 1. The summed E-state index contributed by atoms with van der Waals surface area (Å²) in [7, 11) is -2.60. The van der Waals surface area contributed by atoms with E-state index in [4.69, 9.17) is 16.3 Å². The molecule has 1 amide bonds. The molecule has 1 aliphatic rings. The number of carbonyl (C=O) groups excluding carboxylic acids is 1. The van der Waals surface area contributed by atoms with Crippen molar-refractivity contribution in [2.45, 2.75) is 30.3 Å². The van der Waals surface area contributed by atoms with Gasteiger partial charge in [0.15, 0.2) is 0 Å². The zero-order chi connectivity index (χ0) is 24.8. The molecule has 1 aliphatic heterocycles. The van der Waals surface area contributed by atoms with Gasteiger partial charge in [-0.1, -0.05) is 54.1 Å². The van der Waals surface area contributed by atoms with Gasteiger partial charge in [0, 0.05) is 31.2 Å². The van der Waals surface area contributed by atoms with Crippen molar-refractivity contribution in [2.24, 2.45) is 0 Å². The number of benzene rings is 3. The summed E-state index contributed by atoms with van der Waals surface area (Å²) in [6.45, 7) is 2.64. The molecule has 0 atom stereocenters. The number of piperidine rings is 1. The van der Waals surface area contributed by atoms with E-state index in [1.165, 1.54) is 30.9 Å². The molecule has 1 fully saturated rings. The highest BCUT2D eigenvalue weighted by Crippen LogP contribution is 2.29. The summed E-state index contributed by atoms with van der Waals surface area (Å²) < 4.78 is 33.8. The first kappa shape index (κ1) is 27.8. The van der Waals surface area contributed by atoms with E-state index in [1.807, 2.05) is 18.2 Å². The average Bonchev–Trinajstić information content (AvgIpc) is 2.86. The smallest absolute Gasteiger partial charge is 0.263 e. The van der Waals surface area contributed by atoms with Crippen molar-refractivity contribution < 1.29 is 17.9 Å². The Morgan fingerprint density at radius 1 is 1.03 bits per heavy atom. The minimum atomic E-state index is -4.05. The number of methoxy groups -OCH3 is 1. The van der Waals surface area contributed by atoms with Crippen molar-refractivity contribution in [3.8, 4) is 5.75 Å². The maximum Gasteiger partial charge on any atom is 0.263 e. The van der Waals surface area contributed by atoms with Crippen molar-refractivity contribution in [1.29, 1.82) is 0 Å². The molecule has 192 valence electrons. The molecule has 0 radical (unpaired) electrons. The first-order chi connectivity index (χ1) is 16.9. The van der Waals surface area contributed by atoms with Gasteiger partial charge in [-0.15, -0.1) is 12.4 Å². The number of amides is 1. The van der Waals surface area contributed by atoms with E-state index in [-0.39, 0.29) is 45.5 Å². The Hall–Kier alpha value is -2.78. The zero-order valence-electron chi connectivity index (χ0n) is 19.8. The first-order valence-corrected chi connectivity index (χ1v) is 13.2. The summed E-state index contributed by atoms with van der Waals surface area (Å²) in [6, 6.07) is 21.3. The number of ether oxygens (including phenoxy) is 1. The van der Waals surface area contributed by atoms with Gasteiger partial charge in [0.1, 0.15) is 10.6 Å². The van der Waals surface area contributed by atoms with Gasteiger partial charge in [-0.3, -0.25) is 14.4 Å². The molecule has 0 aliphatic carbocycles. The molecular formula is C26H29Cl2N3O4S. The van der Waals surface area contributed by atoms with Crippen LogP contribution in [-0.4, -0.2) is 45.5 Å². The Morgan fingerprint density at radius 2 is 1.69 bits per heavy atom. The van der Waals surface area contributed by atoms with Gasteiger partial charge in [0.05, 0.1) is 17.8 Å². The van der Waals surface area contributed by atoms with Crippen LogP contribution in [-0.2, 0) is 16.6 Å². The number of rotatable bonds is 8. The standard InChI is InChI=1S/C26H28ClN3O4S.ClH/c1-34-24-10-6-5-9-23(24)29-35(32,33)25-17-20(11-12-22(25)27)26(31)28-21-13-15-30(16-14-21)18-19-7-3-2-4-8-19;/h2-12,17,21,29H,13-16,18H2,1H3,(H,28,31);1H. The number of hydrogen-bond acceptors (Lipinski definition) is 5. The molecule has 0 bridgehead atoms.